The molecule has 3 nitrogen and oxygen atoms in total. The van der Waals surface area contributed by atoms with Gasteiger partial charge in [0.25, 0.3) is 0 Å². The largest absolute Gasteiger partial charge is 0.361 e. The summed E-state index contributed by atoms with van der Waals surface area (Å²) in [6.07, 6.45) is 1.80. The third-order valence-corrected chi connectivity index (χ3v) is 3.60. The van der Waals surface area contributed by atoms with E-state index in [9.17, 15) is 9.59 Å². The van der Waals surface area contributed by atoms with Gasteiger partial charge in [0.2, 0.25) is 0 Å². The van der Waals surface area contributed by atoms with Crippen LogP contribution in [0, 0.1) is 0 Å². The predicted octanol–water partition coefficient (Wildman–Crippen LogP) is 2.94. The van der Waals surface area contributed by atoms with Gasteiger partial charge in [-0.25, -0.2) is 0 Å². The number of rotatable bonds is 0. The fourth-order valence-corrected chi connectivity index (χ4v) is 2.65. The van der Waals surface area contributed by atoms with E-state index in [1.165, 1.54) is 0 Å². The monoisotopic (exact) mass is 247 g/mol. The van der Waals surface area contributed by atoms with Gasteiger partial charge in [-0.15, -0.1) is 0 Å². The molecule has 90 valence electrons. The van der Waals surface area contributed by atoms with Crippen LogP contribution in [0.2, 0.25) is 0 Å². The fourth-order valence-electron chi connectivity index (χ4n) is 2.65. The lowest BCUT2D eigenvalue weighted by Crippen LogP contribution is -2.20. The average Bonchev–Trinajstić information content (AvgIpc) is 2.90. The van der Waals surface area contributed by atoms with Gasteiger partial charge in [0, 0.05) is 39.4 Å². The minimum Gasteiger partial charge on any atom is -0.361 e. The van der Waals surface area contributed by atoms with Gasteiger partial charge in [-0.05, 0) is 18.2 Å². The lowest BCUT2D eigenvalue weighted by Gasteiger charge is -2.17. The molecule has 4 rings (SSSR count). The number of benzene rings is 2. The van der Waals surface area contributed by atoms with Gasteiger partial charge in [-0.2, -0.15) is 0 Å². The average molecular weight is 247 g/mol. The molecule has 19 heavy (non-hydrogen) atoms. The van der Waals surface area contributed by atoms with E-state index in [4.69, 9.17) is 0 Å². The zero-order valence-corrected chi connectivity index (χ0v) is 9.94. The molecule has 1 aliphatic rings. The van der Waals surface area contributed by atoms with Crippen molar-refractivity contribution in [3.63, 3.8) is 0 Å². The Kier molecular flexibility index (Phi) is 1.85. The Hall–Kier alpha value is -2.68. The van der Waals surface area contributed by atoms with Crippen molar-refractivity contribution in [2.24, 2.45) is 0 Å². The van der Waals surface area contributed by atoms with Gasteiger partial charge in [0.15, 0.2) is 11.6 Å². The molecule has 0 saturated heterocycles. The third kappa shape index (κ3) is 1.27. The maximum absolute atomic E-state index is 12.5. The van der Waals surface area contributed by atoms with E-state index < -0.39 is 0 Å². The molecule has 3 aromatic rings. The van der Waals surface area contributed by atoms with Crippen LogP contribution >= 0.6 is 0 Å². The van der Waals surface area contributed by atoms with Gasteiger partial charge in [0.1, 0.15) is 0 Å². The molecule has 1 aliphatic carbocycles. The first-order valence-corrected chi connectivity index (χ1v) is 6.05. The molecule has 0 spiro atoms. The summed E-state index contributed by atoms with van der Waals surface area (Å²) in [5, 5.41) is 0.944. The van der Waals surface area contributed by atoms with Crippen LogP contribution in [0.25, 0.3) is 10.9 Å². The van der Waals surface area contributed by atoms with Crippen molar-refractivity contribution in [1.29, 1.82) is 0 Å². The number of H-pyrrole nitrogens is 1. The van der Waals surface area contributed by atoms with Gasteiger partial charge in [-0.3, -0.25) is 9.59 Å². The highest BCUT2D eigenvalue weighted by atomic mass is 16.1. The van der Waals surface area contributed by atoms with Crippen LogP contribution in [-0.4, -0.2) is 16.6 Å². The molecule has 0 fully saturated rings. The molecule has 0 saturated carbocycles. The molecule has 0 bridgehead atoms. The minimum absolute atomic E-state index is 0.0756. The second kappa shape index (κ2) is 3.42. The zero-order valence-electron chi connectivity index (χ0n) is 9.94. The Bertz CT molecular complexity index is 789. The lowest BCUT2D eigenvalue weighted by atomic mass is 9.83. The van der Waals surface area contributed by atoms with Crippen molar-refractivity contribution in [3.05, 3.63) is 70.9 Å². The van der Waals surface area contributed by atoms with Crippen molar-refractivity contribution >= 4 is 22.5 Å². The molecular weight excluding hydrogens is 238 g/mol. The molecule has 0 atom stereocenters. The zero-order chi connectivity index (χ0) is 13.0. The first-order valence-electron chi connectivity index (χ1n) is 6.05. The van der Waals surface area contributed by atoms with Crippen molar-refractivity contribution in [1.82, 2.24) is 4.98 Å². The Morgan fingerprint density at radius 2 is 1.37 bits per heavy atom. The first-order chi connectivity index (χ1) is 9.25. The topological polar surface area (TPSA) is 49.9 Å². The van der Waals surface area contributed by atoms with Crippen LogP contribution in [-0.2, 0) is 0 Å². The van der Waals surface area contributed by atoms with Gasteiger partial charge in [0.05, 0.1) is 0 Å². The molecule has 0 unspecified atom stereocenters. The standard InChI is InChI=1S/C16H9NO2/c18-15-10-3-1-2-4-11(10)16(19)13-8-14-9(5-6-17-14)7-12(13)15/h1-8,17H. The van der Waals surface area contributed by atoms with Crippen molar-refractivity contribution < 1.29 is 9.59 Å². The summed E-state index contributed by atoms with van der Waals surface area (Å²) in [5.41, 5.74) is 2.84. The van der Waals surface area contributed by atoms with Gasteiger partial charge < -0.3 is 4.98 Å². The highest BCUT2D eigenvalue weighted by Gasteiger charge is 2.29. The molecule has 3 heteroatoms. The molecule has 0 radical (unpaired) electrons. The van der Waals surface area contributed by atoms with Gasteiger partial charge in [-0.1, -0.05) is 24.3 Å². The summed E-state index contributed by atoms with van der Waals surface area (Å²) in [6, 6.07) is 12.4. The van der Waals surface area contributed by atoms with Crippen LogP contribution < -0.4 is 0 Å². The van der Waals surface area contributed by atoms with Crippen molar-refractivity contribution in [2.45, 2.75) is 0 Å². The summed E-state index contributed by atoms with van der Waals surface area (Å²) in [4.78, 5) is 28.0. The first kappa shape index (κ1) is 10.3. The van der Waals surface area contributed by atoms with Crippen LogP contribution in [0.5, 0.6) is 0 Å². The number of aromatic nitrogens is 1. The van der Waals surface area contributed by atoms with E-state index in [2.05, 4.69) is 4.98 Å². The van der Waals surface area contributed by atoms with E-state index in [1.54, 1.807) is 42.6 Å². The molecule has 0 amide bonds. The summed E-state index contributed by atoms with van der Waals surface area (Å²) < 4.78 is 0. The second-order valence-electron chi connectivity index (χ2n) is 4.67. The normalized spacial score (nSPS) is 13.5. The number of hydrogen-bond acceptors (Lipinski definition) is 2. The molecule has 1 aromatic heterocycles. The summed E-state index contributed by atoms with van der Waals surface area (Å²) in [7, 11) is 0. The van der Waals surface area contributed by atoms with E-state index in [0.717, 1.165) is 10.9 Å². The fraction of sp³-hybridized carbons (Fsp3) is 0. The van der Waals surface area contributed by atoms with Crippen LogP contribution in [0.4, 0.5) is 0 Å². The maximum atomic E-state index is 12.5. The van der Waals surface area contributed by atoms with E-state index >= 15 is 0 Å². The Balaban J connectivity index is 2.09. The molecule has 1 N–H and O–H groups in total. The van der Waals surface area contributed by atoms with Crippen LogP contribution in [0.3, 0.4) is 0 Å². The summed E-state index contributed by atoms with van der Waals surface area (Å²) >= 11 is 0. The van der Waals surface area contributed by atoms with Crippen molar-refractivity contribution in [3.8, 4) is 0 Å². The number of hydrogen-bond donors (Lipinski definition) is 1. The molecule has 0 aliphatic heterocycles. The number of fused-ring (bicyclic) bond motifs is 3. The molecule has 2 aromatic carbocycles. The molecular formula is C16H9NO2. The quantitative estimate of drug-likeness (QED) is 0.519. The number of nitrogens with one attached hydrogen (secondary N) is 1. The highest BCUT2D eigenvalue weighted by Crippen LogP contribution is 2.29. The SMILES string of the molecule is O=C1c2ccccc2C(=O)c2cc3[nH]ccc3cc21. The van der Waals surface area contributed by atoms with Crippen molar-refractivity contribution in [2.75, 3.05) is 0 Å². The maximum Gasteiger partial charge on any atom is 0.194 e. The number of aromatic amines is 1. The van der Waals surface area contributed by atoms with E-state index in [1.807, 2.05) is 6.07 Å². The predicted molar refractivity (Wildman–Crippen MR) is 71.6 cm³/mol. The summed E-state index contributed by atoms with van der Waals surface area (Å²) in [5.74, 6) is -0.157. The number of carbonyl (C=O) groups excluding carboxylic acids is 2. The van der Waals surface area contributed by atoms with Crippen LogP contribution in [0.1, 0.15) is 31.8 Å². The number of ketones is 2. The van der Waals surface area contributed by atoms with Crippen LogP contribution in [0.15, 0.2) is 48.7 Å². The Morgan fingerprint density at radius 1 is 0.737 bits per heavy atom. The molecule has 1 heterocycles. The smallest absolute Gasteiger partial charge is 0.194 e. The van der Waals surface area contributed by atoms with E-state index in [0.29, 0.717) is 22.3 Å². The summed E-state index contributed by atoms with van der Waals surface area (Å²) in [6.45, 7) is 0. The second-order valence-corrected chi connectivity index (χ2v) is 4.67. The van der Waals surface area contributed by atoms with E-state index in [-0.39, 0.29) is 11.6 Å². The number of carbonyl (C=O) groups is 2. The third-order valence-electron chi connectivity index (χ3n) is 3.60. The van der Waals surface area contributed by atoms with Gasteiger partial charge >= 0.3 is 0 Å². The Morgan fingerprint density at radius 3 is 2.05 bits per heavy atom. The lowest BCUT2D eigenvalue weighted by molar-refractivity contribution is 0.0979. The minimum atomic E-state index is -0.0818. The highest BCUT2D eigenvalue weighted by molar-refractivity contribution is 6.29. The Labute approximate surface area is 108 Å².